The van der Waals surface area contributed by atoms with Crippen LogP contribution in [-0.2, 0) is 4.79 Å². The fourth-order valence-corrected chi connectivity index (χ4v) is 1.23. The van der Waals surface area contributed by atoms with Crippen LogP contribution in [-0.4, -0.2) is 24.8 Å². The minimum Gasteiger partial charge on any atom is -0.497 e. The van der Waals surface area contributed by atoms with E-state index in [0.29, 0.717) is 5.75 Å². The highest BCUT2D eigenvalue weighted by Crippen LogP contribution is 2.14. The molecule has 0 fully saturated rings. The molecule has 0 spiro atoms. The number of hydrogen-bond acceptors (Lipinski definition) is 3. The maximum Gasteiger partial charge on any atom is 0.220 e. The lowest BCUT2D eigenvalue weighted by atomic mass is 10.0. The molecule has 1 unspecified atom stereocenters. The van der Waals surface area contributed by atoms with E-state index in [1.165, 1.54) is 26.2 Å². The molecule has 3 nitrogen and oxygen atoms in total. The number of carbonyl (C=O) groups excluding carboxylic acids is 2. The predicted molar refractivity (Wildman–Crippen MR) is 57.5 cm³/mol. The zero-order chi connectivity index (χ0) is 12.1. The van der Waals surface area contributed by atoms with Gasteiger partial charge in [-0.05, 0) is 24.3 Å². The van der Waals surface area contributed by atoms with E-state index in [-0.39, 0.29) is 12.0 Å². The fourth-order valence-electron chi connectivity index (χ4n) is 1.23. The Hall–Kier alpha value is -1.71. The summed E-state index contributed by atoms with van der Waals surface area (Å²) in [6.45, 7) is 1.52. The fraction of sp³-hybridized carbons (Fsp3) is 0.333. The van der Waals surface area contributed by atoms with Crippen LogP contribution in [0.3, 0.4) is 0 Å². The summed E-state index contributed by atoms with van der Waals surface area (Å²) in [5, 5.41) is 0. The number of rotatable bonds is 5. The van der Waals surface area contributed by atoms with Crippen LogP contribution < -0.4 is 4.74 Å². The molecule has 0 aliphatic rings. The third-order valence-electron chi connectivity index (χ3n) is 2.24. The first-order chi connectivity index (χ1) is 7.60. The molecule has 1 aromatic carbocycles. The first-order valence-electron chi connectivity index (χ1n) is 4.95. The van der Waals surface area contributed by atoms with Crippen LogP contribution in [0.1, 0.15) is 23.7 Å². The number of ether oxygens (including phenoxy) is 1. The number of methoxy groups -OCH3 is 1. The normalized spacial score (nSPS) is 11.9. The van der Waals surface area contributed by atoms with Crippen molar-refractivity contribution in [3.8, 4) is 5.75 Å². The van der Waals surface area contributed by atoms with Crippen molar-refractivity contribution < 1.29 is 18.7 Å². The Balaban J connectivity index is 2.84. The molecule has 0 aliphatic heterocycles. The molecule has 16 heavy (non-hydrogen) atoms. The summed E-state index contributed by atoms with van der Waals surface area (Å²) in [5.74, 6) is -0.913. The average molecular weight is 224 g/mol. The number of alkyl halides is 1. The van der Waals surface area contributed by atoms with Crippen LogP contribution in [0.25, 0.3) is 0 Å². The lowest BCUT2D eigenvalue weighted by molar-refractivity contribution is -0.121. The smallest absolute Gasteiger partial charge is 0.220 e. The Labute approximate surface area is 93.2 Å². The molecule has 0 saturated carbocycles. The Bertz CT molecular complexity index is 384. The topological polar surface area (TPSA) is 43.4 Å². The molecule has 0 aromatic heterocycles. The lowest BCUT2D eigenvalue weighted by Crippen LogP contribution is -2.25. The number of Topliss-reactive ketones (excluding diaryl/α,β-unsaturated/α-hetero) is 2. The summed E-state index contributed by atoms with van der Waals surface area (Å²) in [6, 6.07) is 5.99. The molecule has 0 saturated heterocycles. The van der Waals surface area contributed by atoms with Gasteiger partial charge >= 0.3 is 0 Å². The van der Waals surface area contributed by atoms with Gasteiger partial charge in [-0.15, -0.1) is 0 Å². The maximum absolute atomic E-state index is 13.3. The minimum atomic E-state index is -2.06. The third kappa shape index (κ3) is 2.66. The van der Waals surface area contributed by atoms with Gasteiger partial charge in [0.15, 0.2) is 5.78 Å². The Morgan fingerprint density at radius 1 is 1.31 bits per heavy atom. The number of benzene rings is 1. The van der Waals surface area contributed by atoms with E-state index in [4.69, 9.17) is 4.74 Å². The van der Waals surface area contributed by atoms with E-state index in [1.807, 2.05) is 0 Å². The van der Waals surface area contributed by atoms with Crippen LogP contribution in [0, 0.1) is 0 Å². The molecule has 4 heteroatoms. The Morgan fingerprint density at radius 2 is 1.88 bits per heavy atom. The number of hydrogen-bond donors (Lipinski definition) is 0. The van der Waals surface area contributed by atoms with E-state index in [1.54, 1.807) is 12.1 Å². The summed E-state index contributed by atoms with van der Waals surface area (Å²) in [7, 11) is 1.50. The highest BCUT2D eigenvalue weighted by atomic mass is 19.1. The van der Waals surface area contributed by atoms with E-state index >= 15 is 0 Å². The number of halogens is 1. The summed E-state index contributed by atoms with van der Waals surface area (Å²) < 4.78 is 18.2. The van der Waals surface area contributed by atoms with Gasteiger partial charge in [0.2, 0.25) is 12.0 Å². The summed E-state index contributed by atoms with van der Waals surface area (Å²) in [4.78, 5) is 22.5. The number of ketones is 2. The van der Waals surface area contributed by atoms with Crippen molar-refractivity contribution in [1.82, 2.24) is 0 Å². The molecule has 1 aromatic rings. The van der Waals surface area contributed by atoms with Gasteiger partial charge in [-0.25, -0.2) is 4.39 Å². The molecule has 0 N–H and O–H groups in total. The molecule has 0 radical (unpaired) electrons. The largest absolute Gasteiger partial charge is 0.497 e. The zero-order valence-corrected chi connectivity index (χ0v) is 9.20. The molecule has 1 atom stereocenters. The second-order valence-electron chi connectivity index (χ2n) is 3.28. The molecule has 0 aliphatic carbocycles. The van der Waals surface area contributed by atoms with Gasteiger partial charge in [0.1, 0.15) is 5.75 Å². The van der Waals surface area contributed by atoms with Crippen LogP contribution >= 0.6 is 0 Å². The monoisotopic (exact) mass is 224 g/mol. The van der Waals surface area contributed by atoms with Gasteiger partial charge in [-0.1, -0.05) is 6.92 Å². The van der Waals surface area contributed by atoms with Gasteiger partial charge in [0, 0.05) is 12.0 Å². The maximum atomic E-state index is 13.3. The second-order valence-corrected chi connectivity index (χ2v) is 3.28. The summed E-state index contributed by atoms with van der Waals surface area (Å²) in [5.41, 5.74) is 0.176. The highest BCUT2D eigenvalue weighted by molar-refractivity contribution is 6.13. The quantitative estimate of drug-likeness (QED) is 0.568. The average Bonchev–Trinajstić information content (AvgIpc) is 2.36. The van der Waals surface area contributed by atoms with E-state index in [2.05, 4.69) is 0 Å². The Morgan fingerprint density at radius 3 is 2.31 bits per heavy atom. The molecular formula is C12H13FO3. The molecule has 0 bridgehead atoms. The van der Waals surface area contributed by atoms with E-state index < -0.39 is 17.7 Å². The van der Waals surface area contributed by atoms with Crippen molar-refractivity contribution in [3.63, 3.8) is 0 Å². The van der Waals surface area contributed by atoms with Gasteiger partial charge in [-0.2, -0.15) is 0 Å². The van der Waals surface area contributed by atoms with E-state index in [9.17, 15) is 14.0 Å². The van der Waals surface area contributed by atoms with Gasteiger partial charge in [0.25, 0.3) is 0 Å². The zero-order valence-electron chi connectivity index (χ0n) is 9.20. The van der Waals surface area contributed by atoms with E-state index in [0.717, 1.165) is 0 Å². The van der Waals surface area contributed by atoms with Crippen molar-refractivity contribution in [2.24, 2.45) is 0 Å². The van der Waals surface area contributed by atoms with Gasteiger partial charge in [0.05, 0.1) is 7.11 Å². The molecule has 0 heterocycles. The first kappa shape index (κ1) is 12.4. The molecule has 0 amide bonds. The minimum absolute atomic E-state index is 0.0169. The highest BCUT2D eigenvalue weighted by Gasteiger charge is 2.25. The summed E-state index contributed by atoms with van der Waals surface area (Å²) >= 11 is 0. The standard InChI is InChI=1S/C12H13FO3/c1-3-10(14)11(13)12(15)8-4-6-9(16-2)7-5-8/h4-7,11H,3H2,1-2H3. The second kappa shape index (κ2) is 5.39. The van der Waals surface area contributed by atoms with Crippen LogP contribution in [0.4, 0.5) is 4.39 Å². The third-order valence-corrected chi connectivity index (χ3v) is 2.24. The Kier molecular flexibility index (Phi) is 4.17. The van der Waals surface area contributed by atoms with Gasteiger partial charge < -0.3 is 4.74 Å². The molecule has 1 rings (SSSR count). The van der Waals surface area contributed by atoms with Gasteiger partial charge in [-0.3, -0.25) is 9.59 Å². The van der Waals surface area contributed by atoms with Crippen molar-refractivity contribution in [3.05, 3.63) is 29.8 Å². The van der Waals surface area contributed by atoms with Crippen LogP contribution in [0.5, 0.6) is 5.75 Å². The van der Waals surface area contributed by atoms with Crippen LogP contribution in [0.15, 0.2) is 24.3 Å². The van der Waals surface area contributed by atoms with Crippen molar-refractivity contribution in [2.45, 2.75) is 19.5 Å². The van der Waals surface area contributed by atoms with Crippen molar-refractivity contribution >= 4 is 11.6 Å². The number of carbonyl (C=O) groups is 2. The van der Waals surface area contributed by atoms with Crippen molar-refractivity contribution in [1.29, 1.82) is 0 Å². The molecule has 86 valence electrons. The lowest BCUT2D eigenvalue weighted by Gasteiger charge is -2.05. The summed E-state index contributed by atoms with van der Waals surface area (Å²) in [6.07, 6.45) is -2.04. The predicted octanol–water partition coefficient (Wildman–Crippen LogP) is 2.20. The van der Waals surface area contributed by atoms with Crippen molar-refractivity contribution in [2.75, 3.05) is 7.11 Å². The molecular weight excluding hydrogens is 211 g/mol. The SMILES string of the molecule is CCC(=O)C(F)C(=O)c1ccc(OC)cc1. The van der Waals surface area contributed by atoms with Crippen LogP contribution in [0.2, 0.25) is 0 Å². The first-order valence-corrected chi connectivity index (χ1v) is 4.95.